The lowest BCUT2D eigenvalue weighted by molar-refractivity contribution is -0.0752. The number of rotatable bonds is 3. The predicted octanol–water partition coefficient (Wildman–Crippen LogP) is 3.00. The Morgan fingerprint density at radius 1 is 1.20 bits per heavy atom. The van der Waals surface area contributed by atoms with Gasteiger partial charge < -0.3 is 20.3 Å². The first-order valence-corrected chi connectivity index (χ1v) is 9.15. The van der Waals surface area contributed by atoms with Gasteiger partial charge in [-0.2, -0.15) is 0 Å². The third kappa shape index (κ3) is 4.12. The Morgan fingerprint density at radius 3 is 2.76 bits per heavy atom. The highest BCUT2D eigenvalue weighted by molar-refractivity contribution is 6.03. The third-order valence-electron chi connectivity index (χ3n) is 4.82. The number of carbonyl (C=O) groups excluding carboxylic acids is 2. The van der Waals surface area contributed by atoms with Crippen molar-refractivity contribution in [3.63, 3.8) is 0 Å². The first kappa shape index (κ1) is 17.7. The molecule has 0 bridgehead atoms. The summed E-state index contributed by atoms with van der Waals surface area (Å²) in [6.07, 6.45) is 4.45. The minimum absolute atomic E-state index is 0.0272. The van der Waals surface area contributed by atoms with Crippen molar-refractivity contribution in [1.82, 2.24) is 10.2 Å². The fourth-order valence-electron chi connectivity index (χ4n) is 3.70. The van der Waals surface area contributed by atoms with Crippen LogP contribution in [0, 0.1) is 0 Å². The van der Waals surface area contributed by atoms with E-state index >= 15 is 0 Å². The van der Waals surface area contributed by atoms with Gasteiger partial charge in [0.25, 0.3) is 5.91 Å². The number of morpholine rings is 1. The molecule has 0 unspecified atom stereocenters. The van der Waals surface area contributed by atoms with Crippen LogP contribution in [-0.4, -0.2) is 48.2 Å². The number of para-hydroxylation sites is 1. The molecule has 1 aliphatic heterocycles. The zero-order valence-corrected chi connectivity index (χ0v) is 15.0. The summed E-state index contributed by atoms with van der Waals surface area (Å²) < 4.78 is 5.86. The Bertz CT molecular complexity index is 630. The monoisotopic (exact) mass is 345 g/mol. The van der Waals surface area contributed by atoms with Crippen LogP contribution >= 0.6 is 0 Å². The molecule has 136 valence electrons. The molecule has 1 saturated heterocycles. The number of fused-ring (bicyclic) bond motifs is 1. The number of ether oxygens (including phenoxy) is 1. The van der Waals surface area contributed by atoms with Crippen molar-refractivity contribution in [2.24, 2.45) is 0 Å². The second kappa shape index (κ2) is 7.87. The minimum atomic E-state index is -0.298. The summed E-state index contributed by atoms with van der Waals surface area (Å²) in [6.45, 7) is 4.98. The van der Waals surface area contributed by atoms with Gasteiger partial charge >= 0.3 is 6.03 Å². The number of amides is 3. The topological polar surface area (TPSA) is 70.7 Å². The molecule has 0 aromatic heterocycles. The standard InChI is InChI=1S/C19H27N3O3/c1-13(2)20-19(24)21-15-8-4-3-7-14(15)18(23)22-11-12-25-17-10-6-5-9-16(17)22/h3-4,7-8,13,16-17H,5-6,9-12H2,1-2H3,(H2,20,21,24)/t16-,17-/m0/s1. The van der Waals surface area contributed by atoms with Crippen LogP contribution in [0.15, 0.2) is 24.3 Å². The van der Waals surface area contributed by atoms with Gasteiger partial charge in [0, 0.05) is 12.6 Å². The molecule has 2 N–H and O–H groups in total. The maximum atomic E-state index is 13.2. The molecule has 1 saturated carbocycles. The van der Waals surface area contributed by atoms with E-state index in [0.717, 1.165) is 25.7 Å². The number of nitrogens with zero attached hydrogens (tertiary/aromatic N) is 1. The van der Waals surface area contributed by atoms with E-state index in [9.17, 15) is 9.59 Å². The molecule has 25 heavy (non-hydrogen) atoms. The molecule has 0 radical (unpaired) electrons. The Hall–Kier alpha value is -2.08. The van der Waals surface area contributed by atoms with E-state index in [2.05, 4.69) is 10.6 Å². The van der Waals surface area contributed by atoms with E-state index < -0.39 is 0 Å². The summed E-state index contributed by atoms with van der Waals surface area (Å²) in [6, 6.07) is 7.08. The van der Waals surface area contributed by atoms with Crippen molar-refractivity contribution in [3.8, 4) is 0 Å². The summed E-state index contributed by atoms with van der Waals surface area (Å²) in [7, 11) is 0. The highest BCUT2D eigenvalue weighted by atomic mass is 16.5. The van der Waals surface area contributed by atoms with Crippen LogP contribution in [0.5, 0.6) is 0 Å². The fraction of sp³-hybridized carbons (Fsp3) is 0.579. The average Bonchev–Trinajstić information content (AvgIpc) is 2.60. The lowest BCUT2D eigenvalue weighted by atomic mass is 9.89. The minimum Gasteiger partial charge on any atom is -0.374 e. The number of hydrogen-bond acceptors (Lipinski definition) is 3. The molecule has 2 aliphatic rings. The number of nitrogens with one attached hydrogen (secondary N) is 2. The lowest BCUT2D eigenvalue weighted by Gasteiger charge is -2.44. The molecule has 3 rings (SSSR count). The van der Waals surface area contributed by atoms with E-state index in [0.29, 0.717) is 24.4 Å². The summed E-state index contributed by atoms with van der Waals surface area (Å²) >= 11 is 0. The molecule has 0 spiro atoms. The molecular weight excluding hydrogens is 318 g/mol. The number of hydrogen-bond donors (Lipinski definition) is 2. The van der Waals surface area contributed by atoms with Crippen molar-refractivity contribution >= 4 is 17.6 Å². The van der Waals surface area contributed by atoms with E-state index in [1.807, 2.05) is 30.9 Å². The molecule has 1 aromatic carbocycles. The van der Waals surface area contributed by atoms with Crippen LogP contribution in [0.2, 0.25) is 0 Å². The second-order valence-electron chi connectivity index (χ2n) is 7.06. The highest BCUT2D eigenvalue weighted by Gasteiger charge is 2.37. The largest absolute Gasteiger partial charge is 0.374 e. The van der Waals surface area contributed by atoms with Gasteiger partial charge in [-0.3, -0.25) is 4.79 Å². The van der Waals surface area contributed by atoms with Gasteiger partial charge in [0.1, 0.15) is 0 Å². The zero-order chi connectivity index (χ0) is 17.8. The lowest BCUT2D eigenvalue weighted by Crippen LogP contribution is -2.54. The Morgan fingerprint density at radius 2 is 1.96 bits per heavy atom. The van der Waals surface area contributed by atoms with Crippen LogP contribution in [0.25, 0.3) is 0 Å². The van der Waals surface area contributed by atoms with Gasteiger partial charge in [0.05, 0.1) is 30.0 Å². The number of carbonyl (C=O) groups is 2. The van der Waals surface area contributed by atoms with Gasteiger partial charge in [-0.25, -0.2) is 4.79 Å². The van der Waals surface area contributed by atoms with Gasteiger partial charge in [0.15, 0.2) is 0 Å². The van der Waals surface area contributed by atoms with E-state index in [-0.39, 0.29) is 30.1 Å². The smallest absolute Gasteiger partial charge is 0.319 e. The number of urea groups is 1. The molecule has 3 amide bonds. The molecule has 1 aliphatic carbocycles. The second-order valence-corrected chi connectivity index (χ2v) is 7.06. The zero-order valence-electron chi connectivity index (χ0n) is 15.0. The molecule has 2 fully saturated rings. The van der Waals surface area contributed by atoms with Crippen molar-refractivity contribution in [2.75, 3.05) is 18.5 Å². The number of anilines is 1. The van der Waals surface area contributed by atoms with Crippen LogP contribution in [0.1, 0.15) is 49.9 Å². The van der Waals surface area contributed by atoms with E-state index in [4.69, 9.17) is 4.74 Å². The van der Waals surface area contributed by atoms with Crippen LogP contribution in [0.3, 0.4) is 0 Å². The maximum Gasteiger partial charge on any atom is 0.319 e. The normalized spacial score (nSPS) is 23.1. The summed E-state index contributed by atoms with van der Waals surface area (Å²) in [5, 5.41) is 5.59. The summed E-state index contributed by atoms with van der Waals surface area (Å²) in [4.78, 5) is 27.2. The molecule has 1 aromatic rings. The first-order valence-electron chi connectivity index (χ1n) is 9.15. The van der Waals surface area contributed by atoms with Gasteiger partial charge in [-0.15, -0.1) is 0 Å². The molecule has 6 nitrogen and oxygen atoms in total. The van der Waals surface area contributed by atoms with Crippen LogP contribution in [0.4, 0.5) is 10.5 Å². The molecular formula is C19H27N3O3. The van der Waals surface area contributed by atoms with Gasteiger partial charge in [-0.05, 0) is 38.8 Å². The number of benzene rings is 1. The van der Waals surface area contributed by atoms with Crippen molar-refractivity contribution in [2.45, 2.75) is 57.7 Å². The van der Waals surface area contributed by atoms with Crippen molar-refractivity contribution < 1.29 is 14.3 Å². The Kier molecular flexibility index (Phi) is 5.58. The van der Waals surface area contributed by atoms with Crippen molar-refractivity contribution in [3.05, 3.63) is 29.8 Å². The molecule has 6 heteroatoms. The third-order valence-corrected chi connectivity index (χ3v) is 4.82. The fourth-order valence-corrected chi connectivity index (χ4v) is 3.70. The van der Waals surface area contributed by atoms with E-state index in [1.165, 1.54) is 0 Å². The predicted molar refractivity (Wildman–Crippen MR) is 96.8 cm³/mol. The highest BCUT2D eigenvalue weighted by Crippen LogP contribution is 2.30. The quantitative estimate of drug-likeness (QED) is 0.885. The van der Waals surface area contributed by atoms with Crippen molar-refractivity contribution in [1.29, 1.82) is 0 Å². The summed E-state index contributed by atoms with van der Waals surface area (Å²) in [5.74, 6) is -0.0272. The SMILES string of the molecule is CC(C)NC(=O)Nc1ccccc1C(=O)N1CCO[C@H]2CCCC[C@@H]21. The van der Waals surface area contributed by atoms with Gasteiger partial charge in [-0.1, -0.05) is 25.0 Å². The Balaban J connectivity index is 1.78. The molecule has 1 heterocycles. The van der Waals surface area contributed by atoms with Gasteiger partial charge in [0.2, 0.25) is 0 Å². The first-order chi connectivity index (χ1) is 12.1. The summed E-state index contributed by atoms with van der Waals surface area (Å²) in [5.41, 5.74) is 1.08. The van der Waals surface area contributed by atoms with E-state index in [1.54, 1.807) is 12.1 Å². The average molecular weight is 345 g/mol. The van der Waals surface area contributed by atoms with Crippen LogP contribution < -0.4 is 10.6 Å². The maximum absolute atomic E-state index is 13.2. The Labute approximate surface area is 148 Å². The van der Waals surface area contributed by atoms with Crippen LogP contribution in [-0.2, 0) is 4.74 Å². The molecule has 2 atom stereocenters.